The van der Waals surface area contributed by atoms with Crippen LogP contribution in [-0.2, 0) is 6.54 Å². The van der Waals surface area contributed by atoms with Gasteiger partial charge in [0.1, 0.15) is 0 Å². The maximum atomic E-state index is 12.4. The summed E-state index contributed by atoms with van der Waals surface area (Å²) in [7, 11) is 0. The number of aliphatic hydroxyl groups excluding tert-OH is 1. The highest BCUT2D eigenvalue weighted by molar-refractivity contribution is 5.78. The highest BCUT2D eigenvalue weighted by atomic mass is 19.4. The summed E-state index contributed by atoms with van der Waals surface area (Å²) in [5, 5.41) is 9.80. The van der Waals surface area contributed by atoms with Gasteiger partial charge < -0.3 is 5.11 Å². The Bertz CT molecular complexity index is 572. The summed E-state index contributed by atoms with van der Waals surface area (Å²) in [6.45, 7) is -1.34. The van der Waals surface area contributed by atoms with E-state index in [2.05, 4.69) is 4.98 Å². The minimum atomic E-state index is -4.29. The Labute approximate surface area is 114 Å². The lowest BCUT2D eigenvalue weighted by atomic mass is 10.2. The van der Waals surface area contributed by atoms with Crippen LogP contribution in [0.15, 0.2) is 36.4 Å². The molecule has 0 spiro atoms. The molecule has 0 saturated heterocycles. The van der Waals surface area contributed by atoms with Crippen molar-refractivity contribution in [2.45, 2.75) is 12.7 Å². The lowest BCUT2D eigenvalue weighted by molar-refractivity contribution is -0.148. The van der Waals surface area contributed by atoms with Crippen LogP contribution in [-0.4, -0.2) is 40.9 Å². The summed E-state index contributed by atoms with van der Waals surface area (Å²) in [6, 6.07) is 11.0. The Balaban J connectivity index is 2.15. The van der Waals surface area contributed by atoms with Crippen LogP contribution in [0.5, 0.6) is 0 Å². The van der Waals surface area contributed by atoms with E-state index in [0.717, 1.165) is 15.8 Å². The molecule has 0 amide bonds. The highest BCUT2D eigenvalue weighted by Crippen LogP contribution is 2.18. The van der Waals surface area contributed by atoms with Crippen LogP contribution in [0.2, 0.25) is 0 Å². The number of hydrogen-bond donors (Lipinski definition) is 1. The molecule has 0 aliphatic carbocycles. The first-order chi connectivity index (χ1) is 9.48. The largest absolute Gasteiger partial charge is 0.401 e. The van der Waals surface area contributed by atoms with Gasteiger partial charge in [-0.25, -0.2) is 0 Å². The Hall–Kier alpha value is -1.66. The van der Waals surface area contributed by atoms with Gasteiger partial charge in [-0.05, 0) is 12.1 Å². The molecule has 0 atom stereocenters. The molecule has 0 aliphatic heterocycles. The second kappa shape index (κ2) is 6.19. The van der Waals surface area contributed by atoms with Gasteiger partial charge in [-0.15, -0.1) is 0 Å². The van der Waals surface area contributed by atoms with Gasteiger partial charge >= 0.3 is 6.18 Å². The van der Waals surface area contributed by atoms with Gasteiger partial charge in [0.2, 0.25) is 0 Å². The lowest BCUT2D eigenvalue weighted by Gasteiger charge is -2.22. The predicted octanol–water partition coefficient (Wildman–Crippen LogP) is 2.59. The fraction of sp³-hybridized carbons (Fsp3) is 0.357. The number of fused-ring (bicyclic) bond motifs is 1. The van der Waals surface area contributed by atoms with Crippen molar-refractivity contribution in [1.29, 1.82) is 0 Å². The monoisotopic (exact) mass is 284 g/mol. The molecule has 0 radical (unpaired) electrons. The van der Waals surface area contributed by atoms with Gasteiger partial charge in [0.25, 0.3) is 0 Å². The van der Waals surface area contributed by atoms with E-state index < -0.39 is 12.7 Å². The summed E-state index contributed by atoms with van der Waals surface area (Å²) in [5.74, 6) is 0. The van der Waals surface area contributed by atoms with Crippen molar-refractivity contribution in [3.63, 3.8) is 0 Å². The van der Waals surface area contributed by atoms with Crippen LogP contribution in [0.25, 0.3) is 10.9 Å². The molecule has 3 nitrogen and oxygen atoms in total. The van der Waals surface area contributed by atoms with E-state index >= 15 is 0 Å². The molecule has 108 valence electrons. The number of aromatic nitrogens is 1. The first-order valence-corrected chi connectivity index (χ1v) is 6.22. The molecule has 0 saturated carbocycles. The first-order valence-electron chi connectivity index (χ1n) is 6.22. The number of benzene rings is 1. The van der Waals surface area contributed by atoms with E-state index in [-0.39, 0.29) is 19.7 Å². The third-order valence-corrected chi connectivity index (χ3v) is 2.86. The van der Waals surface area contributed by atoms with E-state index in [1.807, 2.05) is 30.3 Å². The van der Waals surface area contributed by atoms with Crippen LogP contribution in [0, 0.1) is 0 Å². The van der Waals surface area contributed by atoms with E-state index in [1.54, 1.807) is 6.07 Å². The zero-order chi connectivity index (χ0) is 14.6. The molecule has 0 fully saturated rings. The highest BCUT2D eigenvalue weighted by Gasteiger charge is 2.30. The molecule has 1 heterocycles. The Morgan fingerprint density at radius 2 is 1.85 bits per heavy atom. The van der Waals surface area contributed by atoms with Gasteiger partial charge in [-0.2, -0.15) is 13.2 Å². The summed E-state index contributed by atoms with van der Waals surface area (Å²) >= 11 is 0. The molecule has 2 rings (SSSR count). The smallest absolute Gasteiger partial charge is 0.395 e. The van der Waals surface area contributed by atoms with E-state index in [1.165, 1.54) is 0 Å². The van der Waals surface area contributed by atoms with Crippen LogP contribution >= 0.6 is 0 Å². The Morgan fingerprint density at radius 1 is 1.10 bits per heavy atom. The molecule has 20 heavy (non-hydrogen) atoms. The zero-order valence-electron chi connectivity index (χ0n) is 10.8. The molecule has 1 aromatic carbocycles. The third kappa shape index (κ3) is 4.18. The topological polar surface area (TPSA) is 36.4 Å². The minimum absolute atomic E-state index is 0.0337. The molecular weight excluding hydrogens is 269 g/mol. The molecular formula is C14H15F3N2O. The second-order valence-electron chi connectivity index (χ2n) is 4.54. The van der Waals surface area contributed by atoms with E-state index in [4.69, 9.17) is 5.11 Å². The summed E-state index contributed by atoms with van der Waals surface area (Å²) in [5.41, 5.74) is 1.31. The molecule has 2 aromatic rings. The number of rotatable bonds is 5. The number of nitrogens with zero attached hydrogens (tertiary/aromatic N) is 2. The van der Waals surface area contributed by atoms with Gasteiger partial charge in [0.05, 0.1) is 24.4 Å². The normalized spacial score (nSPS) is 12.2. The Morgan fingerprint density at radius 3 is 2.55 bits per heavy atom. The lowest BCUT2D eigenvalue weighted by Crippen LogP contribution is -2.35. The average Bonchev–Trinajstić information content (AvgIpc) is 2.37. The van der Waals surface area contributed by atoms with Crippen molar-refractivity contribution in [2.75, 3.05) is 19.7 Å². The summed E-state index contributed by atoms with van der Waals surface area (Å²) < 4.78 is 37.3. The van der Waals surface area contributed by atoms with Crippen molar-refractivity contribution in [2.24, 2.45) is 0 Å². The maximum absolute atomic E-state index is 12.4. The zero-order valence-corrected chi connectivity index (χ0v) is 10.8. The van der Waals surface area contributed by atoms with Gasteiger partial charge in [0.15, 0.2) is 0 Å². The second-order valence-corrected chi connectivity index (χ2v) is 4.54. The number of hydrogen-bond acceptors (Lipinski definition) is 3. The predicted molar refractivity (Wildman–Crippen MR) is 70.2 cm³/mol. The van der Waals surface area contributed by atoms with Crippen molar-refractivity contribution < 1.29 is 18.3 Å². The summed E-state index contributed by atoms with van der Waals surface area (Å²) in [4.78, 5) is 5.47. The fourth-order valence-electron chi connectivity index (χ4n) is 2.03. The number of alkyl halides is 3. The maximum Gasteiger partial charge on any atom is 0.401 e. The van der Waals surface area contributed by atoms with Crippen molar-refractivity contribution in [1.82, 2.24) is 9.88 Å². The first kappa shape index (κ1) is 14.7. The Kier molecular flexibility index (Phi) is 4.57. The molecule has 1 aromatic heterocycles. The molecule has 0 bridgehead atoms. The number of pyridine rings is 1. The molecule has 1 N–H and O–H groups in total. The van der Waals surface area contributed by atoms with E-state index in [0.29, 0.717) is 5.69 Å². The van der Waals surface area contributed by atoms with Crippen molar-refractivity contribution in [3.05, 3.63) is 42.1 Å². The van der Waals surface area contributed by atoms with Crippen LogP contribution in [0.1, 0.15) is 5.69 Å². The van der Waals surface area contributed by atoms with Crippen LogP contribution in [0.4, 0.5) is 13.2 Å². The molecule has 0 unspecified atom stereocenters. The van der Waals surface area contributed by atoms with Gasteiger partial charge in [0, 0.05) is 18.5 Å². The fourth-order valence-corrected chi connectivity index (χ4v) is 2.03. The number of halogens is 3. The quantitative estimate of drug-likeness (QED) is 0.917. The van der Waals surface area contributed by atoms with Crippen LogP contribution < -0.4 is 0 Å². The standard InChI is InChI=1S/C14H15F3N2O/c15-14(16,17)10-19(7-8-20)9-12-6-5-11-3-1-2-4-13(11)18-12/h1-6,20H,7-10H2. The minimum Gasteiger partial charge on any atom is -0.395 e. The van der Waals surface area contributed by atoms with Crippen molar-refractivity contribution in [3.8, 4) is 0 Å². The third-order valence-electron chi connectivity index (χ3n) is 2.86. The molecule has 0 aliphatic rings. The van der Waals surface area contributed by atoms with Gasteiger partial charge in [-0.1, -0.05) is 24.3 Å². The number of aliphatic hydroxyl groups is 1. The van der Waals surface area contributed by atoms with E-state index in [9.17, 15) is 13.2 Å². The SMILES string of the molecule is OCCN(Cc1ccc2ccccc2n1)CC(F)(F)F. The van der Waals surface area contributed by atoms with Gasteiger partial charge in [-0.3, -0.25) is 9.88 Å². The number of para-hydroxylation sites is 1. The van der Waals surface area contributed by atoms with Crippen molar-refractivity contribution >= 4 is 10.9 Å². The van der Waals surface area contributed by atoms with Crippen LogP contribution in [0.3, 0.4) is 0 Å². The summed E-state index contributed by atoms with van der Waals surface area (Å²) in [6.07, 6.45) is -4.29. The average molecular weight is 284 g/mol. The molecule has 6 heteroatoms.